The highest BCUT2D eigenvalue weighted by Gasteiger charge is 2.13. The van der Waals surface area contributed by atoms with E-state index >= 15 is 0 Å². The minimum atomic E-state index is -1.17. The van der Waals surface area contributed by atoms with Gasteiger partial charge in [0.1, 0.15) is 5.82 Å². The standard InChI is InChI=1S/C11H8FNO3S/c1-16-10-9(5-17-13-10)6-2-7(11(14)15)4-8(12)3-6/h2-5H,1H3,(H,14,15). The van der Waals surface area contributed by atoms with Crippen LogP contribution in [0.1, 0.15) is 10.4 Å². The Hall–Kier alpha value is -1.95. The molecule has 0 aliphatic carbocycles. The molecule has 0 amide bonds. The van der Waals surface area contributed by atoms with Crippen molar-refractivity contribution in [2.45, 2.75) is 0 Å². The topological polar surface area (TPSA) is 59.4 Å². The third kappa shape index (κ3) is 2.26. The van der Waals surface area contributed by atoms with Crippen molar-refractivity contribution >= 4 is 17.5 Å². The van der Waals surface area contributed by atoms with Gasteiger partial charge in [-0.25, -0.2) is 9.18 Å². The van der Waals surface area contributed by atoms with E-state index in [-0.39, 0.29) is 5.56 Å². The van der Waals surface area contributed by atoms with Crippen LogP contribution in [0.5, 0.6) is 5.88 Å². The van der Waals surface area contributed by atoms with Gasteiger partial charge in [-0.15, -0.1) is 0 Å². The first-order valence-corrected chi connectivity index (χ1v) is 5.48. The molecule has 1 aromatic carbocycles. The Morgan fingerprint density at radius 3 is 2.88 bits per heavy atom. The molecule has 1 aromatic heterocycles. The molecule has 0 spiro atoms. The van der Waals surface area contributed by atoms with Crippen LogP contribution in [-0.2, 0) is 0 Å². The number of aromatic nitrogens is 1. The molecule has 2 rings (SSSR count). The highest BCUT2D eigenvalue weighted by atomic mass is 32.1. The highest BCUT2D eigenvalue weighted by molar-refractivity contribution is 7.04. The van der Waals surface area contributed by atoms with Crippen LogP contribution in [0.15, 0.2) is 23.6 Å². The Morgan fingerprint density at radius 2 is 2.24 bits per heavy atom. The zero-order valence-electron chi connectivity index (χ0n) is 8.81. The van der Waals surface area contributed by atoms with E-state index in [2.05, 4.69) is 4.37 Å². The number of methoxy groups -OCH3 is 1. The lowest BCUT2D eigenvalue weighted by Gasteiger charge is -2.03. The smallest absolute Gasteiger partial charge is 0.335 e. The van der Waals surface area contributed by atoms with E-state index in [0.29, 0.717) is 17.0 Å². The second kappa shape index (κ2) is 4.50. The van der Waals surface area contributed by atoms with Crippen molar-refractivity contribution in [3.05, 3.63) is 35.0 Å². The lowest BCUT2D eigenvalue weighted by Crippen LogP contribution is -1.97. The van der Waals surface area contributed by atoms with Crippen molar-refractivity contribution in [1.29, 1.82) is 0 Å². The van der Waals surface area contributed by atoms with Gasteiger partial charge in [0.25, 0.3) is 0 Å². The Kier molecular flexibility index (Phi) is 3.06. The summed E-state index contributed by atoms with van der Waals surface area (Å²) in [7, 11) is 1.45. The molecule has 1 N–H and O–H groups in total. The summed E-state index contributed by atoms with van der Waals surface area (Å²) in [5.41, 5.74) is 0.917. The maximum Gasteiger partial charge on any atom is 0.335 e. The lowest BCUT2D eigenvalue weighted by atomic mass is 10.1. The van der Waals surface area contributed by atoms with Crippen molar-refractivity contribution in [2.75, 3.05) is 7.11 Å². The molecular weight excluding hydrogens is 245 g/mol. The van der Waals surface area contributed by atoms with Crippen LogP contribution < -0.4 is 4.74 Å². The van der Waals surface area contributed by atoms with Crippen LogP contribution >= 0.6 is 11.5 Å². The molecular formula is C11H8FNO3S. The Morgan fingerprint density at radius 1 is 1.47 bits per heavy atom. The number of halogens is 1. The molecule has 0 radical (unpaired) electrons. The third-order valence-corrected chi connectivity index (χ3v) is 2.80. The summed E-state index contributed by atoms with van der Waals surface area (Å²) in [6.45, 7) is 0. The number of carboxylic acid groups (broad SMARTS) is 1. The molecule has 4 nitrogen and oxygen atoms in total. The molecule has 2 aromatic rings. The molecule has 0 fully saturated rings. The van der Waals surface area contributed by atoms with Crippen molar-refractivity contribution in [3.8, 4) is 17.0 Å². The molecule has 0 bridgehead atoms. The maximum absolute atomic E-state index is 13.3. The predicted molar refractivity (Wildman–Crippen MR) is 61.0 cm³/mol. The van der Waals surface area contributed by atoms with Gasteiger partial charge in [-0.05, 0) is 35.3 Å². The number of benzene rings is 1. The van der Waals surface area contributed by atoms with Crippen LogP contribution in [0.2, 0.25) is 0 Å². The van der Waals surface area contributed by atoms with Crippen LogP contribution in [-0.4, -0.2) is 22.6 Å². The molecule has 88 valence electrons. The average Bonchev–Trinajstić information content (AvgIpc) is 2.76. The first kappa shape index (κ1) is 11.5. The molecule has 6 heteroatoms. The number of carbonyl (C=O) groups is 1. The van der Waals surface area contributed by atoms with Gasteiger partial charge in [-0.1, -0.05) is 0 Å². The predicted octanol–water partition coefficient (Wildman–Crippen LogP) is 2.66. The second-order valence-corrected chi connectivity index (χ2v) is 3.90. The summed E-state index contributed by atoms with van der Waals surface area (Å²) in [4.78, 5) is 10.8. The van der Waals surface area contributed by atoms with Gasteiger partial charge < -0.3 is 9.84 Å². The van der Waals surface area contributed by atoms with E-state index in [1.165, 1.54) is 19.2 Å². The monoisotopic (exact) mass is 253 g/mol. The number of hydrogen-bond donors (Lipinski definition) is 1. The molecule has 1 heterocycles. The summed E-state index contributed by atoms with van der Waals surface area (Å²) in [6.07, 6.45) is 0. The van der Waals surface area contributed by atoms with E-state index in [9.17, 15) is 9.18 Å². The molecule has 0 aliphatic heterocycles. The summed E-state index contributed by atoms with van der Waals surface area (Å²) in [5, 5.41) is 10.5. The van der Waals surface area contributed by atoms with Gasteiger partial charge >= 0.3 is 5.97 Å². The zero-order valence-corrected chi connectivity index (χ0v) is 9.62. The fourth-order valence-electron chi connectivity index (χ4n) is 1.43. The summed E-state index contributed by atoms with van der Waals surface area (Å²) < 4.78 is 22.3. The number of carboxylic acids is 1. The fourth-order valence-corrected chi connectivity index (χ4v) is 2.10. The summed E-state index contributed by atoms with van der Waals surface area (Å²) in [6, 6.07) is 3.61. The lowest BCUT2D eigenvalue weighted by molar-refractivity contribution is 0.0696. The first-order chi connectivity index (χ1) is 8.11. The minimum absolute atomic E-state index is 0.103. The van der Waals surface area contributed by atoms with Crippen molar-refractivity contribution in [3.63, 3.8) is 0 Å². The van der Waals surface area contributed by atoms with Gasteiger partial charge in [-0.3, -0.25) is 0 Å². The molecule has 17 heavy (non-hydrogen) atoms. The van der Waals surface area contributed by atoms with Crippen molar-refractivity contribution < 1.29 is 19.0 Å². The number of ether oxygens (including phenoxy) is 1. The van der Waals surface area contributed by atoms with Crippen LogP contribution in [0.4, 0.5) is 4.39 Å². The van der Waals surface area contributed by atoms with Gasteiger partial charge in [0.15, 0.2) is 0 Å². The first-order valence-electron chi connectivity index (χ1n) is 4.64. The van der Waals surface area contributed by atoms with Crippen LogP contribution in [0.3, 0.4) is 0 Å². The molecule has 0 saturated heterocycles. The van der Waals surface area contributed by atoms with E-state index in [0.717, 1.165) is 17.6 Å². The Balaban J connectivity index is 2.56. The van der Waals surface area contributed by atoms with E-state index < -0.39 is 11.8 Å². The maximum atomic E-state index is 13.3. The molecule has 0 saturated carbocycles. The average molecular weight is 253 g/mol. The Labute approximate surface area is 100 Å². The molecule has 0 atom stereocenters. The van der Waals surface area contributed by atoms with Gasteiger partial charge in [0.2, 0.25) is 5.88 Å². The number of nitrogens with zero attached hydrogens (tertiary/aromatic N) is 1. The zero-order chi connectivity index (χ0) is 12.4. The normalized spacial score (nSPS) is 10.2. The highest BCUT2D eigenvalue weighted by Crippen LogP contribution is 2.31. The molecule has 0 aliphatic rings. The van der Waals surface area contributed by atoms with Crippen LogP contribution in [0, 0.1) is 5.82 Å². The SMILES string of the molecule is COc1nscc1-c1cc(F)cc(C(=O)O)c1. The van der Waals surface area contributed by atoms with E-state index in [4.69, 9.17) is 9.84 Å². The Bertz CT molecular complexity index is 568. The fraction of sp³-hybridized carbons (Fsp3) is 0.0909. The van der Waals surface area contributed by atoms with Crippen LogP contribution in [0.25, 0.3) is 11.1 Å². The van der Waals surface area contributed by atoms with E-state index in [1.54, 1.807) is 5.38 Å². The number of rotatable bonds is 3. The van der Waals surface area contributed by atoms with Gasteiger partial charge in [0.05, 0.1) is 18.2 Å². The summed E-state index contributed by atoms with van der Waals surface area (Å²) >= 11 is 1.16. The molecule has 0 unspecified atom stereocenters. The summed E-state index contributed by atoms with van der Waals surface area (Å²) in [5.74, 6) is -1.42. The van der Waals surface area contributed by atoms with E-state index in [1.807, 2.05) is 0 Å². The third-order valence-electron chi connectivity index (χ3n) is 2.19. The number of hydrogen-bond acceptors (Lipinski definition) is 4. The minimum Gasteiger partial charge on any atom is -0.480 e. The van der Waals surface area contributed by atoms with Crippen molar-refractivity contribution in [1.82, 2.24) is 4.37 Å². The quantitative estimate of drug-likeness (QED) is 0.913. The second-order valence-electron chi connectivity index (χ2n) is 3.27. The largest absolute Gasteiger partial charge is 0.480 e. The number of aromatic carboxylic acids is 1. The van der Waals surface area contributed by atoms with Gasteiger partial charge in [-0.2, -0.15) is 4.37 Å². The van der Waals surface area contributed by atoms with Crippen molar-refractivity contribution in [2.24, 2.45) is 0 Å². The van der Waals surface area contributed by atoms with Gasteiger partial charge in [0, 0.05) is 5.38 Å².